The van der Waals surface area contributed by atoms with Crippen molar-refractivity contribution in [1.29, 1.82) is 0 Å². The zero-order valence-electron chi connectivity index (χ0n) is 10.2. The first kappa shape index (κ1) is 11.4. The molecule has 3 rings (SSSR count). The number of hydrogen-bond acceptors (Lipinski definition) is 3. The summed E-state index contributed by atoms with van der Waals surface area (Å²) in [5.74, 6) is 0. The van der Waals surface area contributed by atoms with Gasteiger partial charge in [-0.25, -0.2) is 4.98 Å². The van der Waals surface area contributed by atoms with Gasteiger partial charge in [0.05, 0.1) is 29.9 Å². The van der Waals surface area contributed by atoms with Crippen molar-refractivity contribution in [3.8, 4) is 0 Å². The van der Waals surface area contributed by atoms with Gasteiger partial charge in [0.15, 0.2) is 0 Å². The molecule has 0 bridgehead atoms. The summed E-state index contributed by atoms with van der Waals surface area (Å²) >= 11 is 0. The van der Waals surface area contributed by atoms with E-state index in [4.69, 9.17) is 4.74 Å². The lowest BCUT2D eigenvalue weighted by molar-refractivity contribution is 0.00613. The van der Waals surface area contributed by atoms with E-state index in [9.17, 15) is 4.79 Å². The van der Waals surface area contributed by atoms with Crippen LogP contribution < -0.4 is 5.56 Å². The normalized spacial score (nSPS) is 20.1. The SMILES string of the molecule is O=c1cnc2ccccc2n1CC1CCCCO1. The van der Waals surface area contributed by atoms with Crippen molar-refractivity contribution >= 4 is 11.0 Å². The molecule has 0 spiro atoms. The van der Waals surface area contributed by atoms with Gasteiger partial charge < -0.3 is 9.30 Å². The number of rotatable bonds is 2. The minimum absolute atomic E-state index is 0.0529. The monoisotopic (exact) mass is 244 g/mol. The van der Waals surface area contributed by atoms with E-state index in [0.717, 1.165) is 30.5 Å². The van der Waals surface area contributed by atoms with Crippen LogP contribution in [0.25, 0.3) is 11.0 Å². The standard InChI is InChI=1S/C14H16N2O2/c17-14-9-15-12-6-1-2-7-13(12)16(14)10-11-5-3-4-8-18-11/h1-2,6-7,9,11H,3-5,8,10H2. The number of hydrogen-bond donors (Lipinski definition) is 0. The Kier molecular flexibility index (Phi) is 3.11. The average molecular weight is 244 g/mol. The Morgan fingerprint density at radius 3 is 3.06 bits per heavy atom. The smallest absolute Gasteiger partial charge is 0.269 e. The predicted octanol–water partition coefficient (Wildman–Crippen LogP) is 1.97. The summed E-state index contributed by atoms with van der Waals surface area (Å²) in [6.45, 7) is 1.43. The first-order valence-corrected chi connectivity index (χ1v) is 6.41. The molecule has 4 nitrogen and oxygen atoms in total. The van der Waals surface area contributed by atoms with Crippen molar-refractivity contribution in [3.63, 3.8) is 0 Å². The lowest BCUT2D eigenvalue weighted by Gasteiger charge is -2.23. The van der Waals surface area contributed by atoms with E-state index in [1.807, 2.05) is 24.3 Å². The molecular weight excluding hydrogens is 228 g/mol. The molecule has 1 aliphatic heterocycles. The summed E-state index contributed by atoms with van der Waals surface area (Å²) in [4.78, 5) is 16.1. The van der Waals surface area contributed by atoms with Crippen LogP contribution in [0.4, 0.5) is 0 Å². The topological polar surface area (TPSA) is 44.1 Å². The maximum atomic E-state index is 12.0. The highest BCUT2D eigenvalue weighted by molar-refractivity contribution is 5.74. The van der Waals surface area contributed by atoms with Gasteiger partial charge in [0, 0.05) is 6.61 Å². The van der Waals surface area contributed by atoms with Gasteiger partial charge in [-0.2, -0.15) is 0 Å². The van der Waals surface area contributed by atoms with Crippen LogP contribution in [0.3, 0.4) is 0 Å². The zero-order valence-corrected chi connectivity index (χ0v) is 10.2. The van der Waals surface area contributed by atoms with Crippen LogP contribution in [0.5, 0.6) is 0 Å². The van der Waals surface area contributed by atoms with Gasteiger partial charge in [-0.1, -0.05) is 12.1 Å². The molecule has 1 aliphatic rings. The molecule has 1 aromatic heterocycles. The average Bonchev–Trinajstić information content (AvgIpc) is 2.43. The molecule has 1 saturated heterocycles. The van der Waals surface area contributed by atoms with Gasteiger partial charge in [0.25, 0.3) is 5.56 Å². The largest absolute Gasteiger partial charge is 0.376 e. The highest BCUT2D eigenvalue weighted by Crippen LogP contribution is 2.16. The van der Waals surface area contributed by atoms with Crippen LogP contribution in [0.2, 0.25) is 0 Å². The van der Waals surface area contributed by atoms with E-state index in [1.165, 1.54) is 12.6 Å². The van der Waals surface area contributed by atoms with E-state index in [0.29, 0.717) is 6.54 Å². The molecule has 1 atom stereocenters. The Morgan fingerprint density at radius 1 is 1.33 bits per heavy atom. The molecule has 2 heterocycles. The molecule has 1 unspecified atom stereocenters. The third-order valence-electron chi connectivity index (χ3n) is 3.41. The highest BCUT2D eigenvalue weighted by Gasteiger charge is 2.16. The van der Waals surface area contributed by atoms with Crippen molar-refractivity contribution in [2.24, 2.45) is 0 Å². The summed E-state index contributed by atoms with van der Waals surface area (Å²) < 4.78 is 7.48. The quantitative estimate of drug-likeness (QED) is 0.811. The Balaban J connectivity index is 1.99. The van der Waals surface area contributed by atoms with Crippen LogP contribution in [0.1, 0.15) is 19.3 Å². The highest BCUT2D eigenvalue weighted by atomic mass is 16.5. The van der Waals surface area contributed by atoms with Gasteiger partial charge >= 0.3 is 0 Å². The van der Waals surface area contributed by atoms with E-state index >= 15 is 0 Å². The van der Waals surface area contributed by atoms with E-state index in [2.05, 4.69) is 4.98 Å². The summed E-state index contributed by atoms with van der Waals surface area (Å²) in [5.41, 5.74) is 1.69. The van der Waals surface area contributed by atoms with Gasteiger partial charge in [0.1, 0.15) is 0 Å². The second-order valence-corrected chi connectivity index (χ2v) is 4.68. The van der Waals surface area contributed by atoms with Crippen molar-refractivity contribution in [1.82, 2.24) is 9.55 Å². The lowest BCUT2D eigenvalue weighted by atomic mass is 10.1. The molecule has 94 valence electrons. The number of benzene rings is 1. The Hall–Kier alpha value is -1.68. The molecule has 0 saturated carbocycles. The van der Waals surface area contributed by atoms with Crippen LogP contribution >= 0.6 is 0 Å². The van der Waals surface area contributed by atoms with Gasteiger partial charge in [-0.3, -0.25) is 4.79 Å². The maximum absolute atomic E-state index is 12.0. The maximum Gasteiger partial charge on any atom is 0.269 e. The van der Waals surface area contributed by atoms with Gasteiger partial charge in [-0.15, -0.1) is 0 Å². The van der Waals surface area contributed by atoms with Crippen LogP contribution in [0, 0.1) is 0 Å². The molecule has 0 radical (unpaired) electrons. The van der Waals surface area contributed by atoms with Crippen molar-refractivity contribution in [2.75, 3.05) is 6.61 Å². The molecule has 1 fully saturated rings. The second kappa shape index (κ2) is 4.90. The van der Waals surface area contributed by atoms with Crippen molar-refractivity contribution < 1.29 is 4.74 Å². The van der Waals surface area contributed by atoms with E-state index < -0.39 is 0 Å². The molecule has 4 heteroatoms. The van der Waals surface area contributed by atoms with Gasteiger partial charge in [0.2, 0.25) is 0 Å². The molecule has 18 heavy (non-hydrogen) atoms. The summed E-state index contributed by atoms with van der Waals surface area (Å²) in [7, 11) is 0. The Morgan fingerprint density at radius 2 is 2.22 bits per heavy atom. The van der Waals surface area contributed by atoms with E-state index in [1.54, 1.807) is 4.57 Å². The van der Waals surface area contributed by atoms with Crippen LogP contribution in [0.15, 0.2) is 35.3 Å². The lowest BCUT2D eigenvalue weighted by Crippen LogP contribution is -2.30. The molecule has 0 N–H and O–H groups in total. The van der Waals surface area contributed by atoms with Gasteiger partial charge in [-0.05, 0) is 31.4 Å². The first-order chi connectivity index (χ1) is 8.84. The molecule has 0 aliphatic carbocycles. The van der Waals surface area contributed by atoms with Crippen molar-refractivity contribution in [3.05, 3.63) is 40.8 Å². The van der Waals surface area contributed by atoms with Crippen molar-refractivity contribution in [2.45, 2.75) is 31.9 Å². The number of fused-ring (bicyclic) bond motifs is 1. The van der Waals surface area contributed by atoms with Crippen LogP contribution in [-0.2, 0) is 11.3 Å². The molecule has 0 amide bonds. The predicted molar refractivity (Wildman–Crippen MR) is 69.6 cm³/mol. The Bertz CT molecular complexity index is 600. The fourth-order valence-electron chi connectivity index (χ4n) is 2.46. The number of ether oxygens (including phenoxy) is 1. The third kappa shape index (κ3) is 2.16. The zero-order chi connectivity index (χ0) is 12.4. The number of nitrogens with zero attached hydrogens (tertiary/aromatic N) is 2. The summed E-state index contributed by atoms with van der Waals surface area (Å²) in [5, 5.41) is 0. The molecule has 2 aromatic rings. The molecule has 1 aromatic carbocycles. The second-order valence-electron chi connectivity index (χ2n) is 4.68. The summed E-state index contributed by atoms with van der Waals surface area (Å²) in [6, 6.07) is 7.72. The first-order valence-electron chi connectivity index (χ1n) is 6.41. The van der Waals surface area contributed by atoms with Crippen LogP contribution in [-0.4, -0.2) is 22.3 Å². The molecular formula is C14H16N2O2. The van der Waals surface area contributed by atoms with E-state index in [-0.39, 0.29) is 11.7 Å². The fraction of sp³-hybridized carbons (Fsp3) is 0.429. The minimum atomic E-state index is -0.0529. The summed E-state index contributed by atoms with van der Waals surface area (Å²) in [6.07, 6.45) is 4.89. The minimum Gasteiger partial charge on any atom is -0.376 e. The third-order valence-corrected chi connectivity index (χ3v) is 3.41. The number of para-hydroxylation sites is 2. The Labute approximate surface area is 105 Å². The number of aromatic nitrogens is 2. The fourth-order valence-corrected chi connectivity index (χ4v) is 2.46.